The summed E-state index contributed by atoms with van der Waals surface area (Å²) in [6.45, 7) is 7.23. The number of anilines is 2. The third-order valence-corrected chi connectivity index (χ3v) is 6.97. The lowest BCUT2D eigenvalue weighted by Crippen LogP contribution is -2.44. The number of thiophene rings is 1. The molecule has 10 heteroatoms. The molecule has 8 nitrogen and oxygen atoms in total. The molecule has 0 bridgehead atoms. The Morgan fingerprint density at radius 2 is 2.00 bits per heavy atom. The zero-order valence-electron chi connectivity index (χ0n) is 17.5. The zero-order chi connectivity index (χ0) is 21.8. The van der Waals surface area contributed by atoms with Gasteiger partial charge in [0.2, 0.25) is 11.8 Å². The van der Waals surface area contributed by atoms with E-state index in [1.807, 2.05) is 25.7 Å². The van der Waals surface area contributed by atoms with Crippen molar-refractivity contribution < 1.29 is 19.1 Å². The first-order valence-electron chi connectivity index (χ1n) is 9.72. The molecule has 1 atom stereocenters. The van der Waals surface area contributed by atoms with Gasteiger partial charge in [0.25, 0.3) is 0 Å². The van der Waals surface area contributed by atoms with Crippen molar-refractivity contribution in [1.82, 2.24) is 9.88 Å². The van der Waals surface area contributed by atoms with Gasteiger partial charge in [-0.15, -0.1) is 22.7 Å². The first-order valence-corrected chi connectivity index (χ1v) is 11.4. The highest BCUT2D eigenvalue weighted by Gasteiger charge is 2.28. The summed E-state index contributed by atoms with van der Waals surface area (Å²) in [6, 6.07) is 1.71. The molecule has 0 spiro atoms. The number of methoxy groups -OCH3 is 1. The summed E-state index contributed by atoms with van der Waals surface area (Å²) in [5.41, 5.74) is 1.29. The Morgan fingerprint density at radius 3 is 2.67 bits per heavy atom. The lowest BCUT2D eigenvalue weighted by molar-refractivity contribution is -0.123. The zero-order valence-corrected chi connectivity index (χ0v) is 19.2. The molecule has 162 valence electrons. The SMILES string of the molecule is COC(=O)c1cc(C)sc1NC(=O)C1CCCN(CC(=O)Nc2nc(C)c(C)s2)C1. The molecule has 2 N–H and O–H groups in total. The van der Waals surface area contributed by atoms with Crippen LogP contribution in [-0.2, 0) is 14.3 Å². The minimum atomic E-state index is -0.468. The van der Waals surface area contributed by atoms with E-state index in [1.54, 1.807) is 6.07 Å². The number of nitrogens with zero attached hydrogens (tertiary/aromatic N) is 2. The summed E-state index contributed by atoms with van der Waals surface area (Å²) in [5, 5.41) is 6.83. The van der Waals surface area contributed by atoms with Crippen molar-refractivity contribution in [2.45, 2.75) is 33.6 Å². The van der Waals surface area contributed by atoms with Crippen LogP contribution in [0.2, 0.25) is 0 Å². The molecule has 1 fully saturated rings. The fourth-order valence-electron chi connectivity index (χ4n) is 3.38. The van der Waals surface area contributed by atoms with Gasteiger partial charge < -0.3 is 15.4 Å². The highest BCUT2D eigenvalue weighted by molar-refractivity contribution is 7.16. The van der Waals surface area contributed by atoms with Crippen LogP contribution in [0.3, 0.4) is 0 Å². The number of hydrogen-bond donors (Lipinski definition) is 2. The van der Waals surface area contributed by atoms with Crippen molar-refractivity contribution in [3.8, 4) is 0 Å². The minimum Gasteiger partial charge on any atom is -0.465 e. The topological polar surface area (TPSA) is 101 Å². The van der Waals surface area contributed by atoms with E-state index in [2.05, 4.69) is 15.6 Å². The van der Waals surface area contributed by atoms with Crippen LogP contribution in [0.5, 0.6) is 0 Å². The number of carbonyl (C=O) groups is 3. The van der Waals surface area contributed by atoms with Crippen LogP contribution in [0.1, 0.15) is 38.6 Å². The molecule has 1 aliphatic rings. The summed E-state index contributed by atoms with van der Waals surface area (Å²) < 4.78 is 4.80. The van der Waals surface area contributed by atoms with Gasteiger partial charge in [-0.2, -0.15) is 0 Å². The Bertz CT molecular complexity index is 933. The van der Waals surface area contributed by atoms with Crippen LogP contribution in [0.15, 0.2) is 6.07 Å². The number of rotatable bonds is 6. The molecule has 30 heavy (non-hydrogen) atoms. The van der Waals surface area contributed by atoms with Crippen LogP contribution in [0, 0.1) is 26.7 Å². The maximum atomic E-state index is 12.8. The van der Waals surface area contributed by atoms with Crippen LogP contribution in [0.4, 0.5) is 10.1 Å². The third-order valence-electron chi connectivity index (χ3n) is 5.02. The number of aromatic nitrogens is 1. The van der Waals surface area contributed by atoms with Crippen LogP contribution in [-0.4, -0.2) is 54.4 Å². The highest BCUT2D eigenvalue weighted by atomic mass is 32.1. The second-order valence-electron chi connectivity index (χ2n) is 7.36. The van der Waals surface area contributed by atoms with Gasteiger partial charge in [0.05, 0.1) is 30.8 Å². The molecule has 3 heterocycles. The van der Waals surface area contributed by atoms with E-state index < -0.39 is 5.97 Å². The summed E-state index contributed by atoms with van der Waals surface area (Å²) >= 11 is 2.81. The summed E-state index contributed by atoms with van der Waals surface area (Å²) in [4.78, 5) is 45.4. The largest absolute Gasteiger partial charge is 0.465 e. The van der Waals surface area contributed by atoms with Gasteiger partial charge >= 0.3 is 5.97 Å². The predicted octanol–water partition coefficient (Wildman–Crippen LogP) is 3.21. The molecule has 1 aliphatic heterocycles. The van der Waals surface area contributed by atoms with E-state index in [9.17, 15) is 14.4 Å². The normalized spacial score (nSPS) is 16.9. The lowest BCUT2D eigenvalue weighted by Gasteiger charge is -2.31. The van der Waals surface area contributed by atoms with E-state index in [4.69, 9.17) is 4.74 Å². The van der Waals surface area contributed by atoms with Gasteiger partial charge in [0.1, 0.15) is 5.00 Å². The second-order valence-corrected chi connectivity index (χ2v) is 9.82. The average molecular weight is 451 g/mol. The number of likely N-dealkylation sites (tertiary alicyclic amines) is 1. The van der Waals surface area contributed by atoms with Crippen LogP contribution >= 0.6 is 22.7 Å². The van der Waals surface area contributed by atoms with E-state index >= 15 is 0 Å². The summed E-state index contributed by atoms with van der Waals surface area (Å²) in [5.74, 6) is -0.988. The number of ether oxygens (including phenoxy) is 1. The minimum absolute atomic E-state index is 0.133. The van der Waals surface area contributed by atoms with Crippen molar-refractivity contribution >= 4 is 50.6 Å². The molecule has 0 aromatic carbocycles. The number of nitrogens with one attached hydrogen (secondary N) is 2. The van der Waals surface area contributed by atoms with Gasteiger partial charge in [-0.05, 0) is 46.2 Å². The van der Waals surface area contributed by atoms with Gasteiger partial charge in [-0.3, -0.25) is 14.5 Å². The predicted molar refractivity (Wildman–Crippen MR) is 118 cm³/mol. The number of carbonyl (C=O) groups excluding carboxylic acids is 3. The monoisotopic (exact) mass is 450 g/mol. The Hall–Kier alpha value is -2.30. The fourth-order valence-corrected chi connectivity index (χ4v) is 5.12. The van der Waals surface area contributed by atoms with E-state index in [0.29, 0.717) is 22.2 Å². The fraction of sp³-hybridized carbons (Fsp3) is 0.500. The second kappa shape index (κ2) is 9.67. The van der Waals surface area contributed by atoms with Crippen molar-refractivity contribution in [1.29, 1.82) is 0 Å². The number of thiazole rings is 1. The van der Waals surface area contributed by atoms with E-state index in [-0.39, 0.29) is 24.3 Å². The Kier molecular flexibility index (Phi) is 7.22. The lowest BCUT2D eigenvalue weighted by atomic mass is 9.97. The standard InChI is InChI=1S/C20H26N4O4S2/c1-11-8-15(19(27)28-4)18(29-11)23-17(26)14-6-5-7-24(9-14)10-16(25)22-20-21-12(2)13(3)30-20/h8,14H,5-7,9-10H2,1-4H3,(H,23,26)(H,21,22,25). The van der Waals surface area contributed by atoms with Crippen LogP contribution < -0.4 is 10.6 Å². The number of piperidine rings is 1. The first-order chi connectivity index (χ1) is 14.3. The molecule has 2 amide bonds. The number of aryl methyl sites for hydroxylation is 3. The molecular formula is C20H26N4O4S2. The molecule has 2 aromatic heterocycles. The Morgan fingerprint density at radius 1 is 1.23 bits per heavy atom. The molecule has 3 rings (SSSR count). The molecule has 0 radical (unpaired) electrons. The molecule has 1 saturated heterocycles. The maximum Gasteiger partial charge on any atom is 0.340 e. The quantitative estimate of drug-likeness (QED) is 0.656. The summed E-state index contributed by atoms with van der Waals surface area (Å²) in [6.07, 6.45) is 1.57. The maximum absolute atomic E-state index is 12.8. The Labute approximate surface area is 183 Å². The third kappa shape index (κ3) is 5.44. The van der Waals surface area contributed by atoms with Gasteiger partial charge in [0.15, 0.2) is 5.13 Å². The average Bonchev–Trinajstić information content (AvgIpc) is 3.22. The van der Waals surface area contributed by atoms with E-state index in [0.717, 1.165) is 34.8 Å². The highest BCUT2D eigenvalue weighted by Crippen LogP contribution is 2.29. The van der Waals surface area contributed by atoms with Gasteiger partial charge in [-0.1, -0.05) is 0 Å². The Balaban J connectivity index is 1.57. The smallest absolute Gasteiger partial charge is 0.340 e. The summed E-state index contributed by atoms with van der Waals surface area (Å²) in [7, 11) is 1.32. The molecule has 1 unspecified atom stereocenters. The number of esters is 1. The number of amides is 2. The van der Waals surface area contributed by atoms with Gasteiger partial charge in [0, 0.05) is 16.3 Å². The van der Waals surface area contributed by atoms with E-state index in [1.165, 1.54) is 29.8 Å². The van der Waals surface area contributed by atoms with Crippen molar-refractivity contribution in [2.24, 2.45) is 5.92 Å². The molecular weight excluding hydrogens is 424 g/mol. The van der Waals surface area contributed by atoms with Crippen molar-refractivity contribution in [2.75, 3.05) is 37.4 Å². The first kappa shape index (κ1) is 22.4. The van der Waals surface area contributed by atoms with Crippen molar-refractivity contribution in [3.63, 3.8) is 0 Å². The number of hydrogen-bond acceptors (Lipinski definition) is 8. The molecule has 0 aliphatic carbocycles. The van der Waals surface area contributed by atoms with Gasteiger partial charge in [-0.25, -0.2) is 9.78 Å². The molecule has 2 aromatic rings. The van der Waals surface area contributed by atoms with Crippen LogP contribution in [0.25, 0.3) is 0 Å². The molecule has 0 saturated carbocycles. The van der Waals surface area contributed by atoms with Crippen molar-refractivity contribution in [3.05, 3.63) is 27.1 Å².